The molecule has 1 atom stereocenters. The molecular formula is C13H24N4. The molecule has 1 N–H and O–H groups in total. The fourth-order valence-corrected chi connectivity index (χ4v) is 2.69. The van der Waals surface area contributed by atoms with Gasteiger partial charge in [-0.25, -0.2) is 4.98 Å². The number of imidazole rings is 1. The third-order valence-corrected chi connectivity index (χ3v) is 3.48. The van der Waals surface area contributed by atoms with E-state index in [0.717, 1.165) is 32.0 Å². The molecule has 0 saturated carbocycles. The molecule has 0 amide bonds. The van der Waals surface area contributed by atoms with Crippen LogP contribution in [0.1, 0.15) is 32.6 Å². The molecule has 1 aromatic rings. The normalized spacial score (nSPS) is 20.8. The van der Waals surface area contributed by atoms with Crippen molar-refractivity contribution in [3.05, 3.63) is 12.4 Å². The largest absolute Gasteiger partial charge is 0.338 e. The smallest absolute Gasteiger partial charge is 0.205 e. The molecule has 0 aliphatic carbocycles. The maximum Gasteiger partial charge on any atom is 0.205 e. The molecule has 4 nitrogen and oxygen atoms in total. The van der Waals surface area contributed by atoms with Gasteiger partial charge in [0, 0.05) is 38.1 Å². The highest BCUT2D eigenvalue weighted by Gasteiger charge is 2.24. The summed E-state index contributed by atoms with van der Waals surface area (Å²) < 4.78 is 2.29. The molecule has 4 heteroatoms. The highest BCUT2D eigenvalue weighted by atomic mass is 15.3. The average Bonchev–Trinajstić information content (AvgIpc) is 2.79. The summed E-state index contributed by atoms with van der Waals surface area (Å²) in [6.45, 7) is 5.48. The number of hydrogen-bond donors (Lipinski definition) is 1. The minimum atomic E-state index is 0.603. The first-order chi connectivity index (χ1) is 8.36. The van der Waals surface area contributed by atoms with Gasteiger partial charge in [0.15, 0.2) is 0 Å². The van der Waals surface area contributed by atoms with Crippen molar-refractivity contribution in [2.75, 3.05) is 25.0 Å². The second kappa shape index (κ2) is 6.05. The van der Waals surface area contributed by atoms with Gasteiger partial charge in [-0.1, -0.05) is 6.92 Å². The molecule has 0 spiro atoms. The van der Waals surface area contributed by atoms with Gasteiger partial charge in [0.05, 0.1) is 0 Å². The van der Waals surface area contributed by atoms with E-state index in [2.05, 4.69) is 32.9 Å². The topological polar surface area (TPSA) is 33.1 Å². The van der Waals surface area contributed by atoms with Crippen molar-refractivity contribution in [3.8, 4) is 0 Å². The van der Waals surface area contributed by atoms with Gasteiger partial charge in [0.25, 0.3) is 0 Å². The summed E-state index contributed by atoms with van der Waals surface area (Å²) in [6.07, 6.45) is 9.10. The number of hydrogen-bond acceptors (Lipinski definition) is 3. The molecule has 96 valence electrons. The lowest BCUT2D eigenvalue weighted by atomic mass is 10.0. The highest BCUT2D eigenvalue weighted by molar-refractivity contribution is 5.34. The predicted octanol–water partition coefficient (Wildman–Crippen LogP) is 1.87. The van der Waals surface area contributed by atoms with Crippen LogP contribution in [0, 0.1) is 0 Å². The Kier molecular flexibility index (Phi) is 4.42. The second-order valence-electron chi connectivity index (χ2n) is 4.82. The van der Waals surface area contributed by atoms with E-state index in [4.69, 9.17) is 0 Å². The molecule has 2 heterocycles. The van der Waals surface area contributed by atoms with Crippen LogP contribution in [0.2, 0.25) is 0 Å². The second-order valence-corrected chi connectivity index (χ2v) is 4.82. The number of nitrogens with zero attached hydrogens (tertiary/aromatic N) is 3. The summed E-state index contributed by atoms with van der Waals surface area (Å²) in [6, 6.07) is 0.603. The highest BCUT2D eigenvalue weighted by Crippen LogP contribution is 2.23. The van der Waals surface area contributed by atoms with Gasteiger partial charge in [0.1, 0.15) is 0 Å². The molecule has 1 saturated heterocycles. The van der Waals surface area contributed by atoms with Crippen LogP contribution in [0.25, 0.3) is 0 Å². The quantitative estimate of drug-likeness (QED) is 0.847. The van der Waals surface area contributed by atoms with E-state index in [1.54, 1.807) is 0 Å². The van der Waals surface area contributed by atoms with Gasteiger partial charge in [-0.2, -0.15) is 0 Å². The van der Waals surface area contributed by atoms with Gasteiger partial charge in [-0.15, -0.1) is 0 Å². The Morgan fingerprint density at radius 2 is 2.35 bits per heavy atom. The van der Waals surface area contributed by atoms with Crippen molar-refractivity contribution in [3.63, 3.8) is 0 Å². The Balaban J connectivity index is 2.14. The minimum absolute atomic E-state index is 0.603. The zero-order valence-corrected chi connectivity index (χ0v) is 11.0. The van der Waals surface area contributed by atoms with Crippen molar-refractivity contribution in [2.45, 2.75) is 45.2 Å². The molecule has 1 aliphatic heterocycles. The van der Waals surface area contributed by atoms with Crippen molar-refractivity contribution in [2.24, 2.45) is 0 Å². The van der Waals surface area contributed by atoms with Crippen LogP contribution in [0.15, 0.2) is 12.4 Å². The van der Waals surface area contributed by atoms with E-state index in [-0.39, 0.29) is 0 Å². The molecule has 0 bridgehead atoms. The lowest BCUT2D eigenvalue weighted by Gasteiger charge is -2.36. The number of piperidine rings is 1. The van der Waals surface area contributed by atoms with E-state index in [9.17, 15) is 0 Å². The maximum atomic E-state index is 4.55. The maximum absolute atomic E-state index is 4.55. The molecule has 1 fully saturated rings. The number of likely N-dealkylation sites (N-methyl/N-ethyl adjacent to an activating group) is 1. The number of aryl methyl sites for hydroxylation is 1. The van der Waals surface area contributed by atoms with Crippen LogP contribution >= 0.6 is 0 Å². The summed E-state index contributed by atoms with van der Waals surface area (Å²) in [5, 5.41) is 3.30. The van der Waals surface area contributed by atoms with Crippen LogP contribution in [-0.2, 0) is 6.54 Å². The van der Waals surface area contributed by atoms with Gasteiger partial charge in [-0.3, -0.25) is 0 Å². The summed E-state index contributed by atoms with van der Waals surface area (Å²) in [5.74, 6) is 1.16. The van der Waals surface area contributed by atoms with Crippen LogP contribution in [0.5, 0.6) is 0 Å². The fourth-order valence-electron chi connectivity index (χ4n) is 2.69. The van der Waals surface area contributed by atoms with Crippen LogP contribution < -0.4 is 10.2 Å². The monoisotopic (exact) mass is 236 g/mol. The van der Waals surface area contributed by atoms with E-state index in [1.165, 1.54) is 19.3 Å². The Bertz CT molecular complexity index is 332. The fraction of sp³-hybridized carbons (Fsp3) is 0.769. The van der Waals surface area contributed by atoms with Crippen molar-refractivity contribution < 1.29 is 0 Å². The molecule has 0 radical (unpaired) electrons. The lowest BCUT2D eigenvalue weighted by Crippen LogP contribution is -2.46. The first-order valence-electron chi connectivity index (χ1n) is 6.79. The zero-order chi connectivity index (χ0) is 12.1. The van der Waals surface area contributed by atoms with E-state index >= 15 is 0 Å². The van der Waals surface area contributed by atoms with Crippen LogP contribution in [-0.4, -0.2) is 35.7 Å². The number of nitrogens with one attached hydrogen (secondary N) is 1. The number of anilines is 1. The average molecular weight is 236 g/mol. The van der Waals surface area contributed by atoms with Gasteiger partial charge in [-0.05, 0) is 32.7 Å². The zero-order valence-electron chi connectivity index (χ0n) is 11.0. The van der Waals surface area contributed by atoms with Crippen LogP contribution in [0.4, 0.5) is 5.95 Å². The van der Waals surface area contributed by atoms with Crippen LogP contribution in [0.3, 0.4) is 0 Å². The number of aromatic nitrogens is 2. The van der Waals surface area contributed by atoms with Crippen molar-refractivity contribution >= 4 is 5.95 Å². The van der Waals surface area contributed by atoms with E-state index in [0.29, 0.717) is 6.04 Å². The summed E-state index contributed by atoms with van der Waals surface area (Å²) in [4.78, 5) is 7.03. The third-order valence-electron chi connectivity index (χ3n) is 3.48. The van der Waals surface area contributed by atoms with Gasteiger partial charge < -0.3 is 14.8 Å². The Morgan fingerprint density at radius 3 is 3.12 bits per heavy atom. The standard InChI is InChI=1S/C13H24N4/c1-3-8-16-10-7-15-13(16)17-9-5-4-6-12(17)11-14-2/h7,10,12,14H,3-6,8-9,11H2,1-2H3. The molecule has 0 aromatic carbocycles. The van der Waals surface area contributed by atoms with Crippen molar-refractivity contribution in [1.82, 2.24) is 14.9 Å². The predicted molar refractivity (Wildman–Crippen MR) is 71.4 cm³/mol. The Labute approximate surface area is 104 Å². The first kappa shape index (κ1) is 12.4. The summed E-state index contributed by atoms with van der Waals surface area (Å²) in [5.41, 5.74) is 0. The SMILES string of the molecule is CCCn1ccnc1N1CCCCC1CNC. The Hall–Kier alpha value is -1.03. The molecule has 2 rings (SSSR count). The first-order valence-corrected chi connectivity index (χ1v) is 6.79. The van der Waals surface area contributed by atoms with Gasteiger partial charge in [0.2, 0.25) is 5.95 Å². The molecule has 1 aromatic heterocycles. The molecule has 17 heavy (non-hydrogen) atoms. The molecule has 1 unspecified atom stereocenters. The minimum Gasteiger partial charge on any atom is -0.338 e. The number of rotatable bonds is 5. The summed E-state index contributed by atoms with van der Waals surface area (Å²) in [7, 11) is 2.03. The summed E-state index contributed by atoms with van der Waals surface area (Å²) >= 11 is 0. The van der Waals surface area contributed by atoms with E-state index < -0.39 is 0 Å². The third kappa shape index (κ3) is 2.80. The van der Waals surface area contributed by atoms with Gasteiger partial charge >= 0.3 is 0 Å². The van der Waals surface area contributed by atoms with E-state index in [1.807, 2.05) is 13.2 Å². The molecular weight excluding hydrogens is 212 g/mol. The lowest BCUT2D eigenvalue weighted by molar-refractivity contribution is 0.433. The Morgan fingerprint density at radius 1 is 1.47 bits per heavy atom. The molecule has 1 aliphatic rings. The van der Waals surface area contributed by atoms with Crippen molar-refractivity contribution in [1.29, 1.82) is 0 Å².